The smallest absolute Gasteiger partial charge is 0.248 e. The maximum Gasteiger partial charge on any atom is 0.248 e. The van der Waals surface area contributed by atoms with Crippen molar-refractivity contribution in [1.29, 1.82) is 0 Å². The van der Waals surface area contributed by atoms with Gasteiger partial charge in [-0.2, -0.15) is 0 Å². The van der Waals surface area contributed by atoms with Crippen LogP contribution in [0.5, 0.6) is 0 Å². The molecule has 6 nitrogen and oxygen atoms in total. The average Bonchev–Trinajstić information content (AvgIpc) is 2.75. The number of rotatable bonds is 7. The van der Waals surface area contributed by atoms with E-state index >= 15 is 0 Å². The summed E-state index contributed by atoms with van der Waals surface area (Å²) >= 11 is 0. The molecule has 30 heavy (non-hydrogen) atoms. The molecule has 1 N–H and O–H groups in total. The second-order valence-electron chi connectivity index (χ2n) is 8.33. The zero-order valence-electron chi connectivity index (χ0n) is 18.1. The minimum absolute atomic E-state index is 0.0166. The van der Waals surface area contributed by atoms with Crippen LogP contribution >= 0.6 is 0 Å². The number of carbonyl (C=O) groups excluding carboxylic acids is 2. The Hall–Kier alpha value is -2.73. The van der Waals surface area contributed by atoms with E-state index in [9.17, 15) is 9.59 Å². The van der Waals surface area contributed by atoms with Gasteiger partial charge in [0.2, 0.25) is 11.8 Å². The molecule has 2 heterocycles. The highest BCUT2D eigenvalue weighted by Gasteiger charge is 2.42. The number of nitrogens with one attached hydrogen (secondary N) is 1. The van der Waals surface area contributed by atoms with Crippen molar-refractivity contribution in [3.05, 3.63) is 54.4 Å². The molecule has 1 aliphatic heterocycles. The zero-order valence-corrected chi connectivity index (χ0v) is 18.1. The first-order valence-electron chi connectivity index (χ1n) is 10.5. The number of benzene rings is 1. The summed E-state index contributed by atoms with van der Waals surface area (Å²) in [4.78, 5) is 31.2. The van der Waals surface area contributed by atoms with Crippen molar-refractivity contribution in [3.63, 3.8) is 0 Å². The maximum atomic E-state index is 13.2. The van der Waals surface area contributed by atoms with E-state index in [0.29, 0.717) is 32.4 Å². The number of likely N-dealkylation sites (tertiary alicyclic amines) is 1. The lowest BCUT2D eigenvalue weighted by atomic mass is 9.72. The highest BCUT2D eigenvalue weighted by atomic mass is 16.5. The second kappa shape index (κ2) is 9.85. The minimum Gasteiger partial charge on any atom is -0.375 e. The normalized spacial score (nSPS) is 15.8. The summed E-state index contributed by atoms with van der Waals surface area (Å²) < 4.78 is 4.98. The molecule has 6 heteroatoms. The molecule has 3 rings (SSSR count). The van der Waals surface area contributed by atoms with E-state index in [0.717, 1.165) is 16.7 Å². The predicted molar refractivity (Wildman–Crippen MR) is 117 cm³/mol. The molecule has 0 unspecified atom stereocenters. The van der Waals surface area contributed by atoms with Gasteiger partial charge in [-0.05, 0) is 61.9 Å². The third-order valence-electron chi connectivity index (χ3n) is 5.75. The predicted octanol–water partition coefficient (Wildman–Crippen LogP) is 3.07. The fourth-order valence-electron chi connectivity index (χ4n) is 4.05. The first-order valence-corrected chi connectivity index (χ1v) is 10.5. The Morgan fingerprint density at radius 3 is 2.23 bits per heavy atom. The van der Waals surface area contributed by atoms with Gasteiger partial charge < -0.3 is 15.0 Å². The molecule has 0 spiro atoms. The first kappa shape index (κ1) is 22.0. The van der Waals surface area contributed by atoms with E-state index in [1.54, 1.807) is 17.3 Å². The Kier molecular flexibility index (Phi) is 7.21. The lowest BCUT2D eigenvalue weighted by molar-refractivity contribution is -0.143. The first-order chi connectivity index (χ1) is 14.4. The molecule has 1 aromatic heterocycles. The van der Waals surface area contributed by atoms with Gasteiger partial charge in [0.15, 0.2) is 0 Å². The van der Waals surface area contributed by atoms with Crippen LogP contribution in [0.25, 0.3) is 11.1 Å². The van der Waals surface area contributed by atoms with Gasteiger partial charge in [-0.3, -0.25) is 14.6 Å². The fraction of sp³-hybridized carbons (Fsp3) is 0.458. The number of hydrogen-bond acceptors (Lipinski definition) is 4. The molecule has 1 fully saturated rings. The van der Waals surface area contributed by atoms with Crippen LogP contribution in [0.15, 0.2) is 48.8 Å². The molecular formula is C24H31N3O3. The molecule has 0 atom stereocenters. The van der Waals surface area contributed by atoms with Crippen LogP contribution in [0.3, 0.4) is 0 Å². The van der Waals surface area contributed by atoms with E-state index in [-0.39, 0.29) is 24.5 Å². The molecule has 2 amide bonds. The maximum absolute atomic E-state index is 13.2. The van der Waals surface area contributed by atoms with Crippen LogP contribution in [-0.4, -0.2) is 54.5 Å². The molecule has 160 valence electrons. The molecule has 0 saturated carbocycles. The minimum atomic E-state index is -0.508. The Morgan fingerprint density at radius 1 is 1.07 bits per heavy atom. The SMILES string of the molecule is COCC(=O)N1CCC(Cc2ccc(-c3ccncc3)cc2)(C(=O)NC(C)C)CC1. The van der Waals surface area contributed by atoms with Crippen molar-refractivity contribution >= 4 is 11.8 Å². The number of carbonyl (C=O) groups is 2. The van der Waals surface area contributed by atoms with Crippen molar-refractivity contribution in [3.8, 4) is 11.1 Å². The largest absolute Gasteiger partial charge is 0.375 e. The van der Waals surface area contributed by atoms with E-state index < -0.39 is 5.41 Å². The van der Waals surface area contributed by atoms with Crippen LogP contribution in [0, 0.1) is 5.41 Å². The number of methoxy groups -OCH3 is 1. The molecule has 1 aromatic carbocycles. The monoisotopic (exact) mass is 409 g/mol. The van der Waals surface area contributed by atoms with E-state index in [1.807, 2.05) is 26.0 Å². The highest BCUT2D eigenvalue weighted by molar-refractivity contribution is 5.84. The Labute approximate surface area is 178 Å². The van der Waals surface area contributed by atoms with E-state index in [4.69, 9.17) is 4.74 Å². The Bertz CT molecular complexity index is 842. The van der Waals surface area contributed by atoms with E-state index in [1.165, 1.54) is 7.11 Å². The van der Waals surface area contributed by atoms with Crippen LogP contribution in [0.1, 0.15) is 32.3 Å². The summed E-state index contributed by atoms with van der Waals surface area (Å²) in [5, 5.41) is 3.11. The number of pyridine rings is 1. The summed E-state index contributed by atoms with van der Waals surface area (Å²) in [6.07, 6.45) is 5.52. The van der Waals surface area contributed by atoms with Crippen molar-refractivity contribution in [2.45, 2.75) is 39.2 Å². The fourth-order valence-corrected chi connectivity index (χ4v) is 4.05. The summed E-state index contributed by atoms with van der Waals surface area (Å²) in [5.41, 5.74) is 2.87. The van der Waals surface area contributed by atoms with Gasteiger partial charge in [0.25, 0.3) is 0 Å². The lowest BCUT2D eigenvalue weighted by Gasteiger charge is -2.41. The standard InChI is InChI=1S/C24H31N3O3/c1-18(2)26-23(29)24(10-14-27(15-11-24)22(28)17-30-3)16-19-4-6-20(7-5-19)21-8-12-25-13-9-21/h4-9,12-13,18H,10-11,14-17H2,1-3H3,(H,26,29). The van der Waals surface area contributed by atoms with Gasteiger partial charge in [-0.1, -0.05) is 24.3 Å². The topological polar surface area (TPSA) is 71.5 Å². The Balaban J connectivity index is 1.76. The molecule has 1 aliphatic rings. The molecule has 2 aromatic rings. The number of hydrogen-bond donors (Lipinski definition) is 1. The average molecular weight is 410 g/mol. The van der Waals surface area contributed by atoms with Crippen LogP contribution in [0.2, 0.25) is 0 Å². The highest BCUT2D eigenvalue weighted by Crippen LogP contribution is 2.36. The van der Waals surface area contributed by atoms with Gasteiger partial charge >= 0.3 is 0 Å². The second-order valence-corrected chi connectivity index (χ2v) is 8.33. The summed E-state index contributed by atoms with van der Waals surface area (Å²) in [5.74, 6) is 0.0617. The molecular weight excluding hydrogens is 378 g/mol. The van der Waals surface area contributed by atoms with Gasteiger partial charge in [-0.25, -0.2) is 0 Å². The van der Waals surface area contributed by atoms with Gasteiger partial charge in [0.05, 0.1) is 5.41 Å². The third kappa shape index (κ3) is 5.25. The molecule has 0 radical (unpaired) electrons. The zero-order chi connectivity index (χ0) is 21.6. The number of nitrogens with zero attached hydrogens (tertiary/aromatic N) is 2. The number of amides is 2. The molecule has 0 bridgehead atoms. The van der Waals surface area contributed by atoms with Gasteiger partial charge in [0, 0.05) is 38.6 Å². The van der Waals surface area contributed by atoms with Gasteiger partial charge in [0.1, 0.15) is 6.61 Å². The summed E-state index contributed by atoms with van der Waals surface area (Å²) in [6, 6.07) is 12.4. The van der Waals surface area contributed by atoms with Crippen LogP contribution in [-0.2, 0) is 20.7 Å². The van der Waals surface area contributed by atoms with Crippen molar-refractivity contribution in [2.24, 2.45) is 5.41 Å². The van der Waals surface area contributed by atoms with Gasteiger partial charge in [-0.15, -0.1) is 0 Å². The van der Waals surface area contributed by atoms with Crippen molar-refractivity contribution in [2.75, 3.05) is 26.8 Å². The quantitative estimate of drug-likeness (QED) is 0.763. The Morgan fingerprint density at radius 2 is 1.67 bits per heavy atom. The summed E-state index contributed by atoms with van der Waals surface area (Å²) in [6.45, 7) is 5.19. The van der Waals surface area contributed by atoms with Crippen molar-refractivity contribution in [1.82, 2.24) is 15.2 Å². The van der Waals surface area contributed by atoms with Crippen LogP contribution in [0.4, 0.5) is 0 Å². The summed E-state index contributed by atoms with van der Waals surface area (Å²) in [7, 11) is 1.53. The molecule has 0 aliphatic carbocycles. The third-order valence-corrected chi connectivity index (χ3v) is 5.75. The number of ether oxygens (including phenoxy) is 1. The molecule has 1 saturated heterocycles. The van der Waals surface area contributed by atoms with Crippen molar-refractivity contribution < 1.29 is 14.3 Å². The lowest BCUT2D eigenvalue weighted by Crippen LogP contribution is -2.52. The number of piperidine rings is 1. The van der Waals surface area contributed by atoms with E-state index in [2.05, 4.69) is 34.6 Å². The van der Waals surface area contributed by atoms with Crippen LogP contribution < -0.4 is 5.32 Å². The number of aromatic nitrogens is 1.